The molecule has 0 radical (unpaired) electrons. The fourth-order valence-electron chi connectivity index (χ4n) is 3.68. The summed E-state index contributed by atoms with van der Waals surface area (Å²) < 4.78 is 5.70. The standard InChI is InChI=1S/C22H24N2O5S/c1-12-2-3-13(22-21(28)20(27)19(26)17(10-25)29-22)6-14(12)7-16-4-5-18(30-16)15-8-23-11-24-9-15/h2-6,8-9,11,17,19-22,25-28H,7,10H2,1H3/t17-,19-,20+,21-,22+/m1/s1. The number of aryl methyl sites for hydroxylation is 1. The molecule has 1 fully saturated rings. The molecule has 1 aliphatic rings. The Morgan fingerprint density at radius 3 is 2.50 bits per heavy atom. The van der Waals surface area contributed by atoms with E-state index >= 15 is 0 Å². The smallest absolute Gasteiger partial charge is 0.115 e. The number of nitrogens with zero attached hydrogens (tertiary/aromatic N) is 2. The average Bonchev–Trinajstić information content (AvgIpc) is 3.23. The third kappa shape index (κ3) is 4.15. The molecule has 0 amide bonds. The number of thiophene rings is 1. The highest BCUT2D eigenvalue weighted by molar-refractivity contribution is 7.15. The fourth-order valence-corrected chi connectivity index (χ4v) is 4.68. The van der Waals surface area contributed by atoms with E-state index in [0.717, 1.165) is 21.6 Å². The molecule has 1 saturated heterocycles. The molecule has 4 rings (SSSR count). The zero-order chi connectivity index (χ0) is 21.3. The van der Waals surface area contributed by atoms with E-state index in [9.17, 15) is 20.4 Å². The average molecular weight is 429 g/mol. The van der Waals surface area contributed by atoms with Crippen LogP contribution in [-0.2, 0) is 11.2 Å². The van der Waals surface area contributed by atoms with Gasteiger partial charge in [0, 0.05) is 34.1 Å². The van der Waals surface area contributed by atoms with Crippen LogP contribution in [0.1, 0.15) is 27.7 Å². The normalized spacial score (nSPS) is 26.6. The first-order chi connectivity index (χ1) is 14.5. The van der Waals surface area contributed by atoms with Gasteiger partial charge in [-0.1, -0.05) is 18.2 Å². The van der Waals surface area contributed by atoms with E-state index in [0.29, 0.717) is 12.0 Å². The molecule has 158 valence electrons. The van der Waals surface area contributed by atoms with Crippen LogP contribution in [0, 0.1) is 6.92 Å². The lowest BCUT2D eigenvalue weighted by atomic mass is 9.89. The lowest BCUT2D eigenvalue weighted by Gasteiger charge is -2.40. The molecule has 3 heterocycles. The van der Waals surface area contributed by atoms with Crippen molar-refractivity contribution < 1.29 is 25.2 Å². The molecule has 0 aliphatic carbocycles. The van der Waals surface area contributed by atoms with Crippen LogP contribution in [0.3, 0.4) is 0 Å². The van der Waals surface area contributed by atoms with E-state index in [-0.39, 0.29) is 0 Å². The van der Waals surface area contributed by atoms with Crippen molar-refractivity contribution in [1.82, 2.24) is 9.97 Å². The molecule has 1 aromatic carbocycles. The van der Waals surface area contributed by atoms with Crippen molar-refractivity contribution in [1.29, 1.82) is 0 Å². The minimum absolute atomic E-state index is 0.443. The first-order valence-corrected chi connectivity index (χ1v) is 10.5. The van der Waals surface area contributed by atoms with Crippen LogP contribution in [-0.4, -0.2) is 61.4 Å². The van der Waals surface area contributed by atoms with Crippen LogP contribution in [0.5, 0.6) is 0 Å². The second kappa shape index (κ2) is 8.89. The summed E-state index contributed by atoms with van der Waals surface area (Å²) >= 11 is 1.67. The van der Waals surface area contributed by atoms with Crippen molar-refractivity contribution in [2.75, 3.05) is 6.61 Å². The quantitative estimate of drug-likeness (QED) is 0.488. The molecule has 4 N–H and O–H groups in total. The van der Waals surface area contributed by atoms with Crippen LogP contribution >= 0.6 is 11.3 Å². The molecule has 5 atom stereocenters. The lowest BCUT2D eigenvalue weighted by Crippen LogP contribution is -2.55. The number of aromatic nitrogens is 2. The first kappa shape index (κ1) is 21.0. The monoisotopic (exact) mass is 428 g/mol. The third-order valence-corrected chi connectivity index (χ3v) is 6.60. The summed E-state index contributed by atoms with van der Waals surface area (Å²) in [6.45, 7) is 1.58. The van der Waals surface area contributed by atoms with Crippen molar-refractivity contribution >= 4 is 11.3 Å². The van der Waals surface area contributed by atoms with Gasteiger partial charge in [0.1, 0.15) is 36.8 Å². The Balaban J connectivity index is 1.57. The SMILES string of the molecule is Cc1ccc([C@@H]2O[C@H](CO)[C@@H](O)[C@H](O)[C@H]2O)cc1Cc1ccc(-c2cncnc2)s1. The van der Waals surface area contributed by atoms with E-state index in [1.54, 1.807) is 23.7 Å². The van der Waals surface area contributed by atoms with Gasteiger partial charge < -0.3 is 25.2 Å². The van der Waals surface area contributed by atoms with Gasteiger partial charge in [-0.3, -0.25) is 0 Å². The van der Waals surface area contributed by atoms with Crippen LogP contribution in [0.2, 0.25) is 0 Å². The fraction of sp³-hybridized carbons (Fsp3) is 0.364. The summed E-state index contributed by atoms with van der Waals surface area (Å²) in [5, 5.41) is 40.0. The van der Waals surface area contributed by atoms with Gasteiger partial charge >= 0.3 is 0 Å². The summed E-state index contributed by atoms with van der Waals surface area (Å²) in [6.07, 6.45) is -0.0184. The number of aliphatic hydroxyl groups excluding tert-OH is 4. The zero-order valence-electron chi connectivity index (χ0n) is 16.4. The number of aliphatic hydroxyl groups is 4. The highest BCUT2D eigenvalue weighted by Crippen LogP contribution is 2.34. The summed E-state index contributed by atoms with van der Waals surface area (Å²) in [5.74, 6) is 0. The highest BCUT2D eigenvalue weighted by Gasteiger charge is 2.43. The van der Waals surface area contributed by atoms with Crippen molar-refractivity contribution in [3.63, 3.8) is 0 Å². The molecule has 0 spiro atoms. The van der Waals surface area contributed by atoms with Crippen LogP contribution in [0.25, 0.3) is 10.4 Å². The molecule has 3 aromatic rings. The van der Waals surface area contributed by atoms with Gasteiger partial charge in [-0.05, 0) is 35.7 Å². The number of hydrogen-bond acceptors (Lipinski definition) is 8. The van der Waals surface area contributed by atoms with Crippen molar-refractivity contribution in [3.8, 4) is 10.4 Å². The maximum absolute atomic E-state index is 10.4. The summed E-state index contributed by atoms with van der Waals surface area (Å²) in [5.41, 5.74) is 3.84. The molecule has 8 heteroatoms. The predicted molar refractivity (Wildman–Crippen MR) is 112 cm³/mol. The Labute approximate surface area is 178 Å². The first-order valence-electron chi connectivity index (χ1n) is 9.72. The maximum atomic E-state index is 10.4. The van der Waals surface area contributed by atoms with Gasteiger partial charge in [-0.25, -0.2) is 9.97 Å². The Bertz CT molecular complexity index is 994. The molecular weight excluding hydrogens is 404 g/mol. The number of ether oxygens (including phenoxy) is 1. The highest BCUT2D eigenvalue weighted by atomic mass is 32.1. The van der Waals surface area contributed by atoms with Crippen LogP contribution in [0.4, 0.5) is 0 Å². The topological polar surface area (TPSA) is 116 Å². The van der Waals surface area contributed by atoms with E-state index < -0.39 is 37.1 Å². The Morgan fingerprint density at radius 1 is 1.00 bits per heavy atom. The third-order valence-electron chi connectivity index (χ3n) is 5.47. The molecule has 0 saturated carbocycles. The predicted octanol–water partition coefficient (Wildman–Crippen LogP) is 1.62. The molecule has 7 nitrogen and oxygen atoms in total. The number of rotatable bonds is 5. The molecule has 0 bridgehead atoms. The minimum Gasteiger partial charge on any atom is -0.394 e. The maximum Gasteiger partial charge on any atom is 0.115 e. The van der Waals surface area contributed by atoms with Crippen LogP contribution < -0.4 is 0 Å². The molecular formula is C22H24N2O5S. The molecule has 2 aromatic heterocycles. The van der Waals surface area contributed by atoms with Crippen molar-refractivity contribution in [3.05, 3.63) is 70.6 Å². The molecule has 30 heavy (non-hydrogen) atoms. The van der Waals surface area contributed by atoms with E-state index in [1.807, 2.05) is 25.1 Å². The second-order valence-corrected chi connectivity index (χ2v) is 8.67. The van der Waals surface area contributed by atoms with Gasteiger partial charge in [0.05, 0.1) is 6.61 Å². The van der Waals surface area contributed by atoms with E-state index in [2.05, 4.69) is 22.1 Å². The van der Waals surface area contributed by atoms with Gasteiger partial charge in [0.15, 0.2) is 0 Å². The minimum atomic E-state index is -1.39. The van der Waals surface area contributed by atoms with Crippen molar-refractivity contribution in [2.45, 2.75) is 43.9 Å². The van der Waals surface area contributed by atoms with Crippen molar-refractivity contribution in [2.24, 2.45) is 0 Å². The van der Waals surface area contributed by atoms with Gasteiger partial charge in [0.2, 0.25) is 0 Å². The summed E-state index contributed by atoms with van der Waals surface area (Å²) in [4.78, 5) is 10.4. The zero-order valence-corrected chi connectivity index (χ0v) is 17.2. The van der Waals surface area contributed by atoms with Gasteiger partial charge in [0.25, 0.3) is 0 Å². The summed E-state index contributed by atoms with van der Waals surface area (Å²) in [6, 6.07) is 9.87. The largest absolute Gasteiger partial charge is 0.394 e. The Kier molecular flexibility index (Phi) is 6.24. The number of benzene rings is 1. The lowest BCUT2D eigenvalue weighted by molar-refractivity contribution is -0.231. The number of hydrogen-bond donors (Lipinski definition) is 4. The Hall–Kier alpha value is -2.20. The van der Waals surface area contributed by atoms with E-state index in [1.165, 1.54) is 11.2 Å². The summed E-state index contributed by atoms with van der Waals surface area (Å²) in [7, 11) is 0. The molecule has 1 aliphatic heterocycles. The van der Waals surface area contributed by atoms with E-state index in [4.69, 9.17) is 4.74 Å². The second-order valence-electron chi connectivity index (χ2n) is 7.51. The van der Waals surface area contributed by atoms with Gasteiger partial charge in [-0.2, -0.15) is 0 Å². The van der Waals surface area contributed by atoms with Crippen LogP contribution in [0.15, 0.2) is 49.1 Å². The molecule has 0 unspecified atom stereocenters. The Morgan fingerprint density at radius 2 is 1.77 bits per heavy atom. The van der Waals surface area contributed by atoms with Gasteiger partial charge in [-0.15, -0.1) is 11.3 Å².